The number of esters is 1. The van der Waals surface area contributed by atoms with E-state index >= 15 is 0 Å². The molecular formula is C23H26N2O5. The van der Waals surface area contributed by atoms with Crippen LogP contribution < -0.4 is 14.4 Å². The quantitative estimate of drug-likeness (QED) is 0.552. The van der Waals surface area contributed by atoms with Crippen LogP contribution in [0.5, 0.6) is 11.5 Å². The highest BCUT2D eigenvalue weighted by atomic mass is 16.5. The van der Waals surface area contributed by atoms with Crippen molar-refractivity contribution >= 4 is 17.6 Å². The Labute approximate surface area is 176 Å². The van der Waals surface area contributed by atoms with E-state index in [1.54, 1.807) is 24.3 Å². The van der Waals surface area contributed by atoms with Crippen LogP contribution in [-0.2, 0) is 9.53 Å². The van der Waals surface area contributed by atoms with Crippen LogP contribution >= 0.6 is 0 Å². The summed E-state index contributed by atoms with van der Waals surface area (Å²) in [6, 6.07) is 14.1. The normalized spacial score (nSPS) is 10.1. The van der Waals surface area contributed by atoms with E-state index in [0.29, 0.717) is 30.4 Å². The molecule has 0 spiro atoms. The van der Waals surface area contributed by atoms with Crippen molar-refractivity contribution in [3.63, 3.8) is 0 Å². The number of carbonyl (C=O) groups is 2. The van der Waals surface area contributed by atoms with Crippen LogP contribution in [0, 0.1) is 18.3 Å². The molecule has 0 heterocycles. The van der Waals surface area contributed by atoms with Crippen molar-refractivity contribution in [1.29, 1.82) is 5.26 Å². The van der Waals surface area contributed by atoms with Gasteiger partial charge >= 0.3 is 5.97 Å². The molecule has 0 saturated heterocycles. The number of ether oxygens (including phenoxy) is 3. The molecule has 0 bridgehead atoms. The molecule has 0 fully saturated rings. The summed E-state index contributed by atoms with van der Waals surface area (Å²) in [5, 5.41) is 8.89. The molecule has 1 amide bonds. The summed E-state index contributed by atoms with van der Waals surface area (Å²) in [4.78, 5) is 26.6. The number of benzene rings is 2. The lowest BCUT2D eigenvalue weighted by Gasteiger charge is -2.22. The van der Waals surface area contributed by atoms with Gasteiger partial charge in [0.1, 0.15) is 0 Å². The number of hydrogen-bond donors (Lipinski definition) is 0. The van der Waals surface area contributed by atoms with E-state index in [4.69, 9.17) is 19.5 Å². The van der Waals surface area contributed by atoms with E-state index in [-0.39, 0.29) is 18.5 Å². The van der Waals surface area contributed by atoms with Crippen LogP contribution in [0.4, 0.5) is 5.69 Å². The van der Waals surface area contributed by atoms with E-state index in [0.717, 1.165) is 5.56 Å². The van der Waals surface area contributed by atoms with Gasteiger partial charge in [-0.2, -0.15) is 5.26 Å². The largest absolute Gasteiger partial charge is 0.490 e. The fraction of sp³-hybridized carbons (Fsp3) is 0.348. The summed E-state index contributed by atoms with van der Waals surface area (Å²) in [5.74, 6) is -0.0700. The van der Waals surface area contributed by atoms with Crippen LogP contribution in [0.3, 0.4) is 0 Å². The maximum Gasteiger partial charge on any atom is 0.338 e. The molecule has 0 radical (unpaired) electrons. The van der Waals surface area contributed by atoms with Crippen molar-refractivity contribution in [2.75, 3.05) is 31.3 Å². The van der Waals surface area contributed by atoms with Gasteiger partial charge in [0.2, 0.25) is 0 Å². The summed E-state index contributed by atoms with van der Waals surface area (Å²) < 4.78 is 16.2. The standard InChI is InChI=1S/C23H26N2O5/c1-4-28-20-12-9-18(15-21(20)29-5-2)23(27)30-16-22(26)25(14-6-13-24)19-10-7-17(3)8-11-19/h7-12,15H,4-6,14,16H2,1-3H3. The molecular weight excluding hydrogens is 384 g/mol. The lowest BCUT2D eigenvalue weighted by molar-refractivity contribution is -0.121. The number of aryl methyl sites for hydroxylation is 1. The maximum atomic E-state index is 12.7. The molecule has 0 N–H and O–H groups in total. The molecule has 0 aliphatic heterocycles. The number of amides is 1. The molecule has 2 aromatic carbocycles. The molecule has 0 unspecified atom stereocenters. The van der Waals surface area contributed by atoms with Crippen LogP contribution in [0.1, 0.15) is 36.2 Å². The van der Waals surface area contributed by atoms with E-state index in [1.807, 2.05) is 39.0 Å². The van der Waals surface area contributed by atoms with Gasteiger partial charge in [0, 0.05) is 12.2 Å². The van der Waals surface area contributed by atoms with Crippen molar-refractivity contribution in [2.45, 2.75) is 27.2 Å². The number of carbonyl (C=O) groups excluding carboxylic acids is 2. The third-order valence-electron chi connectivity index (χ3n) is 4.20. The van der Waals surface area contributed by atoms with Gasteiger partial charge in [-0.25, -0.2) is 4.79 Å². The number of rotatable bonds is 10. The molecule has 0 aromatic heterocycles. The molecule has 7 nitrogen and oxygen atoms in total. The Balaban J connectivity index is 2.09. The zero-order chi connectivity index (χ0) is 21.9. The Bertz CT molecular complexity index is 903. The highest BCUT2D eigenvalue weighted by Gasteiger charge is 2.19. The van der Waals surface area contributed by atoms with Gasteiger partial charge in [-0.15, -0.1) is 0 Å². The number of anilines is 1. The Kier molecular flexibility index (Phi) is 8.70. The minimum atomic E-state index is -0.642. The van der Waals surface area contributed by atoms with Crippen molar-refractivity contribution in [3.8, 4) is 17.6 Å². The molecule has 30 heavy (non-hydrogen) atoms. The molecule has 2 rings (SSSR count). The molecule has 0 atom stereocenters. The first kappa shape index (κ1) is 22.8. The molecule has 7 heteroatoms. The molecule has 0 saturated carbocycles. The summed E-state index contributed by atoms with van der Waals surface area (Å²) >= 11 is 0. The Morgan fingerprint density at radius 2 is 1.67 bits per heavy atom. The van der Waals surface area contributed by atoms with Gasteiger partial charge in [0.05, 0.1) is 31.3 Å². The first-order valence-corrected chi connectivity index (χ1v) is 9.80. The van der Waals surface area contributed by atoms with Crippen molar-refractivity contribution in [1.82, 2.24) is 0 Å². The maximum absolute atomic E-state index is 12.7. The minimum absolute atomic E-state index is 0.171. The average Bonchev–Trinajstić information content (AvgIpc) is 2.75. The second-order valence-corrected chi connectivity index (χ2v) is 6.39. The first-order chi connectivity index (χ1) is 14.5. The predicted octanol–water partition coefficient (Wildman–Crippen LogP) is 3.90. The predicted molar refractivity (Wildman–Crippen MR) is 113 cm³/mol. The van der Waals surface area contributed by atoms with E-state index in [2.05, 4.69) is 0 Å². The Hall–Kier alpha value is -3.53. The second-order valence-electron chi connectivity index (χ2n) is 6.39. The number of nitriles is 1. The zero-order valence-corrected chi connectivity index (χ0v) is 17.5. The Morgan fingerprint density at radius 1 is 1.00 bits per heavy atom. The number of nitrogens with zero attached hydrogens (tertiary/aromatic N) is 2. The van der Waals surface area contributed by atoms with Crippen LogP contribution in [0.25, 0.3) is 0 Å². The third-order valence-corrected chi connectivity index (χ3v) is 4.20. The molecule has 0 aliphatic rings. The monoisotopic (exact) mass is 410 g/mol. The van der Waals surface area contributed by atoms with E-state index in [1.165, 1.54) is 11.0 Å². The fourth-order valence-electron chi connectivity index (χ4n) is 2.75. The molecule has 0 aliphatic carbocycles. The van der Waals surface area contributed by atoms with Crippen LogP contribution in [0.15, 0.2) is 42.5 Å². The van der Waals surface area contributed by atoms with Crippen molar-refractivity contribution in [2.24, 2.45) is 0 Å². The molecule has 2 aromatic rings. The highest BCUT2D eigenvalue weighted by molar-refractivity contribution is 5.97. The van der Waals surface area contributed by atoms with E-state index < -0.39 is 18.5 Å². The lowest BCUT2D eigenvalue weighted by Crippen LogP contribution is -2.35. The zero-order valence-electron chi connectivity index (χ0n) is 17.5. The molecule has 158 valence electrons. The van der Waals surface area contributed by atoms with Crippen molar-refractivity contribution < 1.29 is 23.8 Å². The summed E-state index contributed by atoms with van der Waals surface area (Å²) in [7, 11) is 0. The van der Waals surface area contributed by atoms with Crippen LogP contribution in [0.2, 0.25) is 0 Å². The first-order valence-electron chi connectivity index (χ1n) is 9.80. The van der Waals surface area contributed by atoms with Gasteiger partial charge in [-0.05, 0) is 51.1 Å². The summed E-state index contributed by atoms with van der Waals surface area (Å²) in [6.07, 6.45) is 0.171. The Morgan fingerprint density at radius 3 is 2.30 bits per heavy atom. The van der Waals surface area contributed by atoms with Gasteiger partial charge < -0.3 is 19.1 Å². The van der Waals surface area contributed by atoms with Gasteiger partial charge in [0.25, 0.3) is 5.91 Å². The lowest BCUT2D eigenvalue weighted by atomic mass is 10.2. The summed E-state index contributed by atoms with van der Waals surface area (Å²) in [6.45, 7) is 6.30. The summed E-state index contributed by atoms with van der Waals surface area (Å²) in [5.41, 5.74) is 1.96. The smallest absolute Gasteiger partial charge is 0.338 e. The topological polar surface area (TPSA) is 88.9 Å². The van der Waals surface area contributed by atoms with E-state index in [9.17, 15) is 9.59 Å². The highest BCUT2D eigenvalue weighted by Crippen LogP contribution is 2.28. The fourth-order valence-corrected chi connectivity index (χ4v) is 2.75. The van der Waals surface area contributed by atoms with Gasteiger partial charge in [0.15, 0.2) is 18.1 Å². The van der Waals surface area contributed by atoms with Crippen molar-refractivity contribution in [3.05, 3.63) is 53.6 Å². The average molecular weight is 410 g/mol. The van der Waals surface area contributed by atoms with Gasteiger partial charge in [-0.1, -0.05) is 17.7 Å². The number of hydrogen-bond acceptors (Lipinski definition) is 6. The SMILES string of the molecule is CCOc1ccc(C(=O)OCC(=O)N(CCC#N)c2ccc(C)cc2)cc1OCC. The minimum Gasteiger partial charge on any atom is -0.490 e. The third kappa shape index (κ3) is 6.24. The van der Waals surface area contributed by atoms with Crippen LogP contribution in [-0.4, -0.2) is 38.2 Å². The van der Waals surface area contributed by atoms with Gasteiger partial charge in [-0.3, -0.25) is 4.79 Å². The second kappa shape index (κ2) is 11.5.